The van der Waals surface area contributed by atoms with Crippen LogP contribution >= 0.6 is 0 Å². The van der Waals surface area contributed by atoms with E-state index in [0.717, 1.165) is 38.3 Å². The van der Waals surface area contributed by atoms with Crippen molar-refractivity contribution in [2.45, 2.75) is 26.4 Å². The zero-order valence-electron chi connectivity index (χ0n) is 11.8. The van der Waals surface area contributed by atoms with Crippen LogP contribution in [0.25, 0.3) is 0 Å². The van der Waals surface area contributed by atoms with E-state index in [1.54, 1.807) is 6.07 Å². The lowest BCUT2D eigenvalue weighted by molar-refractivity contribution is 0.104. The summed E-state index contributed by atoms with van der Waals surface area (Å²) in [5.41, 5.74) is 1.71. The molecule has 0 unspecified atom stereocenters. The second kappa shape index (κ2) is 6.52. The summed E-state index contributed by atoms with van der Waals surface area (Å²) in [6.07, 6.45) is 0. The van der Waals surface area contributed by atoms with Gasteiger partial charge < -0.3 is 10.0 Å². The Balaban J connectivity index is 1.90. The minimum absolute atomic E-state index is 0.568. The van der Waals surface area contributed by atoms with Crippen molar-refractivity contribution in [3.8, 4) is 0 Å². The molecule has 1 fully saturated rings. The molecule has 1 aromatic carbocycles. The van der Waals surface area contributed by atoms with Crippen molar-refractivity contribution >= 4 is 12.6 Å². The van der Waals surface area contributed by atoms with Crippen LogP contribution in [0.2, 0.25) is 0 Å². The van der Waals surface area contributed by atoms with Crippen LogP contribution in [0.4, 0.5) is 0 Å². The van der Waals surface area contributed by atoms with Gasteiger partial charge in [-0.15, -0.1) is 0 Å². The molecule has 0 spiro atoms. The molecule has 0 amide bonds. The first-order chi connectivity index (χ1) is 9.06. The molecular weight excluding hydrogens is 239 g/mol. The molecule has 1 aliphatic rings. The quantitative estimate of drug-likeness (QED) is 0.743. The van der Waals surface area contributed by atoms with Crippen molar-refractivity contribution in [1.82, 2.24) is 9.80 Å². The smallest absolute Gasteiger partial charge is 0.423 e. The highest BCUT2D eigenvalue weighted by Gasteiger charge is 2.19. The molecule has 0 bridgehead atoms. The average molecular weight is 262 g/mol. The number of hydrogen-bond acceptors (Lipinski definition) is 4. The van der Waals surface area contributed by atoms with Gasteiger partial charge >= 0.3 is 7.12 Å². The summed E-state index contributed by atoms with van der Waals surface area (Å²) in [6.45, 7) is 9.73. The Morgan fingerprint density at radius 3 is 2.42 bits per heavy atom. The normalized spacial score (nSPS) is 17.9. The minimum atomic E-state index is -1.38. The van der Waals surface area contributed by atoms with Crippen LogP contribution in [-0.4, -0.2) is 59.2 Å². The van der Waals surface area contributed by atoms with Gasteiger partial charge in [0.1, 0.15) is 0 Å². The van der Waals surface area contributed by atoms with Crippen LogP contribution in [-0.2, 0) is 6.54 Å². The van der Waals surface area contributed by atoms with Crippen molar-refractivity contribution in [3.63, 3.8) is 0 Å². The van der Waals surface area contributed by atoms with Crippen molar-refractivity contribution < 1.29 is 10.0 Å². The number of hydrogen-bond donors (Lipinski definition) is 2. The highest BCUT2D eigenvalue weighted by Crippen LogP contribution is 2.09. The molecule has 0 radical (unpaired) electrons. The van der Waals surface area contributed by atoms with Crippen molar-refractivity contribution in [3.05, 3.63) is 29.8 Å². The molecule has 2 rings (SSSR count). The molecule has 5 heteroatoms. The van der Waals surface area contributed by atoms with E-state index in [1.807, 2.05) is 18.2 Å². The maximum Gasteiger partial charge on any atom is 0.488 e. The predicted octanol–water partition coefficient (Wildman–Crippen LogP) is -0.108. The second-order valence-electron chi connectivity index (χ2n) is 5.52. The first-order valence-corrected chi connectivity index (χ1v) is 6.97. The fourth-order valence-corrected chi connectivity index (χ4v) is 2.55. The van der Waals surface area contributed by atoms with E-state index < -0.39 is 7.12 Å². The number of nitrogens with zero attached hydrogens (tertiary/aromatic N) is 2. The molecule has 1 saturated heterocycles. The van der Waals surface area contributed by atoms with Crippen LogP contribution < -0.4 is 5.46 Å². The molecule has 0 aromatic heterocycles. The Labute approximate surface area is 115 Å². The summed E-state index contributed by atoms with van der Waals surface area (Å²) in [4.78, 5) is 4.91. The van der Waals surface area contributed by atoms with E-state index in [4.69, 9.17) is 0 Å². The van der Waals surface area contributed by atoms with E-state index in [-0.39, 0.29) is 0 Å². The third-order valence-electron chi connectivity index (χ3n) is 3.79. The highest BCUT2D eigenvalue weighted by atomic mass is 16.4. The lowest BCUT2D eigenvalue weighted by Crippen LogP contribution is -2.48. The molecule has 0 aliphatic carbocycles. The van der Waals surface area contributed by atoms with Crippen LogP contribution in [0.15, 0.2) is 24.3 Å². The summed E-state index contributed by atoms with van der Waals surface area (Å²) in [5.74, 6) is 0. The Hall–Kier alpha value is -0.875. The van der Waals surface area contributed by atoms with Gasteiger partial charge in [-0.3, -0.25) is 9.80 Å². The average Bonchev–Trinajstić information content (AvgIpc) is 2.39. The summed E-state index contributed by atoms with van der Waals surface area (Å²) >= 11 is 0. The Bertz CT molecular complexity index is 404. The second-order valence-corrected chi connectivity index (χ2v) is 5.52. The van der Waals surface area contributed by atoms with Gasteiger partial charge in [0.15, 0.2) is 0 Å². The number of benzene rings is 1. The van der Waals surface area contributed by atoms with Crippen LogP contribution in [0.3, 0.4) is 0 Å². The molecule has 1 aromatic rings. The molecule has 0 atom stereocenters. The molecule has 1 heterocycles. The van der Waals surface area contributed by atoms with Gasteiger partial charge in [-0.05, 0) is 24.9 Å². The summed E-state index contributed by atoms with van der Waals surface area (Å²) < 4.78 is 0. The van der Waals surface area contributed by atoms with E-state index in [2.05, 4.69) is 23.6 Å². The van der Waals surface area contributed by atoms with E-state index in [0.29, 0.717) is 11.5 Å². The fourth-order valence-electron chi connectivity index (χ4n) is 2.55. The van der Waals surface area contributed by atoms with E-state index in [9.17, 15) is 10.0 Å². The van der Waals surface area contributed by atoms with Gasteiger partial charge in [-0.25, -0.2) is 0 Å². The Morgan fingerprint density at radius 2 is 1.84 bits per heavy atom. The van der Waals surface area contributed by atoms with Crippen LogP contribution in [0.5, 0.6) is 0 Å². The monoisotopic (exact) mass is 262 g/mol. The first kappa shape index (κ1) is 14.5. The highest BCUT2D eigenvalue weighted by molar-refractivity contribution is 6.58. The SMILES string of the molecule is CC(C)N1CCN(Cc2cccc(B(O)O)c2)CC1. The maximum absolute atomic E-state index is 9.19. The molecule has 0 saturated carbocycles. The summed E-state index contributed by atoms with van der Waals surface area (Å²) in [6, 6.07) is 8.16. The zero-order valence-corrected chi connectivity index (χ0v) is 11.8. The minimum Gasteiger partial charge on any atom is -0.423 e. The van der Waals surface area contributed by atoms with Gasteiger partial charge in [-0.1, -0.05) is 24.3 Å². The predicted molar refractivity (Wildman–Crippen MR) is 78.3 cm³/mol. The van der Waals surface area contributed by atoms with Gasteiger partial charge in [0.2, 0.25) is 0 Å². The topological polar surface area (TPSA) is 46.9 Å². The lowest BCUT2D eigenvalue weighted by Gasteiger charge is -2.37. The van der Waals surface area contributed by atoms with E-state index >= 15 is 0 Å². The van der Waals surface area contributed by atoms with Gasteiger partial charge in [0.25, 0.3) is 0 Å². The van der Waals surface area contributed by atoms with Crippen LogP contribution in [0, 0.1) is 0 Å². The van der Waals surface area contributed by atoms with Crippen molar-refractivity contribution in [2.24, 2.45) is 0 Å². The zero-order chi connectivity index (χ0) is 13.8. The Morgan fingerprint density at radius 1 is 1.16 bits per heavy atom. The van der Waals surface area contributed by atoms with Gasteiger partial charge in [0.05, 0.1) is 0 Å². The van der Waals surface area contributed by atoms with Gasteiger partial charge in [-0.2, -0.15) is 0 Å². The van der Waals surface area contributed by atoms with Gasteiger partial charge in [0, 0.05) is 38.8 Å². The van der Waals surface area contributed by atoms with Crippen molar-refractivity contribution in [1.29, 1.82) is 0 Å². The summed E-state index contributed by atoms with van der Waals surface area (Å²) in [5, 5.41) is 18.4. The largest absolute Gasteiger partial charge is 0.488 e. The lowest BCUT2D eigenvalue weighted by atomic mass is 9.79. The molecular formula is C14H23BN2O2. The number of piperazine rings is 1. The maximum atomic E-state index is 9.19. The Kier molecular flexibility index (Phi) is 4.99. The third kappa shape index (κ3) is 4.04. The first-order valence-electron chi connectivity index (χ1n) is 6.97. The molecule has 1 aliphatic heterocycles. The summed E-state index contributed by atoms with van der Waals surface area (Å²) in [7, 11) is -1.38. The molecule has 4 nitrogen and oxygen atoms in total. The molecule has 19 heavy (non-hydrogen) atoms. The van der Waals surface area contributed by atoms with Crippen molar-refractivity contribution in [2.75, 3.05) is 26.2 Å². The number of rotatable bonds is 4. The molecule has 2 N–H and O–H groups in total. The third-order valence-corrected chi connectivity index (χ3v) is 3.79. The standard InChI is InChI=1S/C14H23BN2O2/c1-12(2)17-8-6-16(7-9-17)11-13-4-3-5-14(10-13)15(18)19/h3-5,10,12,18-19H,6-9,11H2,1-2H3. The van der Waals surface area contributed by atoms with E-state index in [1.165, 1.54) is 0 Å². The molecule has 104 valence electrons. The van der Waals surface area contributed by atoms with Crippen LogP contribution in [0.1, 0.15) is 19.4 Å². The fraction of sp³-hybridized carbons (Fsp3) is 0.571.